The van der Waals surface area contributed by atoms with Crippen LogP contribution in [0.2, 0.25) is 0 Å². The molecule has 0 radical (unpaired) electrons. The first-order valence-corrected chi connectivity index (χ1v) is 10.3. The first-order chi connectivity index (χ1) is 14.7. The van der Waals surface area contributed by atoms with Gasteiger partial charge in [0.1, 0.15) is 5.56 Å². The Morgan fingerprint density at radius 3 is 2.30 bits per heavy atom. The van der Waals surface area contributed by atoms with Gasteiger partial charge in [-0.25, -0.2) is 0 Å². The second-order valence-electron chi connectivity index (χ2n) is 7.46. The molecule has 4 rings (SSSR count). The number of para-hydroxylation sites is 1. The second-order valence-corrected chi connectivity index (χ2v) is 7.46. The molecule has 1 saturated heterocycles. The number of anilines is 1. The maximum atomic E-state index is 12.4. The van der Waals surface area contributed by atoms with E-state index in [1.165, 1.54) is 23.5 Å². The smallest absolute Gasteiger partial charge is 0.260 e. The normalized spacial score (nSPS) is 14.5. The summed E-state index contributed by atoms with van der Waals surface area (Å²) in [5.74, 6) is -0.358. The number of H-pyrrole nitrogens is 1. The third kappa shape index (κ3) is 4.78. The van der Waals surface area contributed by atoms with Crippen LogP contribution in [-0.4, -0.2) is 42.0 Å². The van der Waals surface area contributed by atoms with Gasteiger partial charge in [0.15, 0.2) is 0 Å². The van der Waals surface area contributed by atoms with Crippen molar-refractivity contribution in [1.29, 1.82) is 0 Å². The van der Waals surface area contributed by atoms with Gasteiger partial charge in [0.25, 0.3) is 11.5 Å². The van der Waals surface area contributed by atoms with Crippen molar-refractivity contribution < 1.29 is 4.79 Å². The van der Waals surface area contributed by atoms with E-state index in [0.29, 0.717) is 6.54 Å². The number of hydrogen-bond acceptors (Lipinski definition) is 4. The monoisotopic (exact) mass is 402 g/mol. The lowest BCUT2D eigenvalue weighted by Crippen LogP contribution is -2.46. The summed E-state index contributed by atoms with van der Waals surface area (Å²) in [6.07, 6.45) is 1.52. The zero-order chi connectivity index (χ0) is 20.8. The van der Waals surface area contributed by atoms with Crippen LogP contribution < -0.4 is 15.8 Å². The van der Waals surface area contributed by atoms with Crippen molar-refractivity contribution >= 4 is 11.6 Å². The van der Waals surface area contributed by atoms with Gasteiger partial charge in [-0.05, 0) is 35.4 Å². The zero-order valence-corrected chi connectivity index (χ0v) is 16.9. The van der Waals surface area contributed by atoms with Crippen LogP contribution in [0.15, 0.2) is 77.7 Å². The van der Waals surface area contributed by atoms with E-state index in [2.05, 4.69) is 50.4 Å². The van der Waals surface area contributed by atoms with Crippen molar-refractivity contribution in [3.63, 3.8) is 0 Å². The van der Waals surface area contributed by atoms with Gasteiger partial charge >= 0.3 is 0 Å². The topological polar surface area (TPSA) is 68.4 Å². The maximum Gasteiger partial charge on any atom is 0.260 e. The first-order valence-electron chi connectivity index (χ1n) is 10.3. The van der Waals surface area contributed by atoms with Crippen molar-refractivity contribution in [2.24, 2.45) is 0 Å². The summed E-state index contributed by atoms with van der Waals surface area (Å²) in [7, 11) is 0. The van der Waals surface area contributed by atoms with Gasteiger partial charge in [-0.3, -0.25) is 14.5 Å². The van der Waals surface area contributed by atoms with Crippen molar-refractivity contribution in [2.75, 3.05) is 31.1 Å². The molecule has 0 saturated carbocycles. The van der Waals surface area contributed by atoms with E-state index >= 15 is 0 Å². The van der Waals surface area contributed by atoms with Crippen LogP contribution in [0.25, 0.3) is 0 Å². The molecule has 0 aliphatic carbocycles. The average molecular weight is 402 g/mol. The second kappa shape index (κ2) is 9.41. The molecule has 0 spiro atoms. The number of nitrogens with zero attached hydrogens (tertiary/aromatic N) is 2. The van der Waals surface area contributed by atoms with Gasteiger partial charge in [0, 0.05) is 51.2 Å². The van der Waals surface area contributed by atoms with Crippen LogP contribution in [0.3, 0.4) is 0 Å². The Hall–Kier alpha value is -3.38. The van der Waals surface area contributed by atoms with Crippen LogP contribution in [0.5, 0.6) is 0 Å². The van der Waals surface area contributed by atoms with E-state index in [9.17, 15) is 9.59 Å². The molecular weight excluding hydrogens is 376 g/mol. The standard InChI is InChI=1S/C24H26N4O2/c29-23-22(11-6-12-25-23)24(30)26-17-19-7-4-5-8-20(19)18-27-13-15-28(16-14-27)21-9-2-1-3-10-21/h1-12H,13-18H2,(H,25,29)(H,26,30). The Labute approximate surface area is 176 Å². The Morgan fingerprint density at radius 2 is 1.57 bits per heavy atom. The van der Waals surface area contributed by atoms with Gasteiger partial charge in [-0.15, -0.1) is 0 Å². The van der Waals surface area contributed by atoms with Crippen molar-refractivity contribution in [3.05, 3.63) is 100.0 Å². The Bertz CT molecular complexity index is 1040. The van der Waals surface area contributed by atoms with Gasteiger partial charge in [-0.1, -0.05) is 42.5 Å². The summed E-state index contributed by atoms with van der Waals surface area (Å²) >= 11 is 0. The largest absolute Gasteiger partial charge is 0.369 e. The summed E-state index contributed by atoms with van der Waals surface area (Å²) in [6, 6.07) is 21.9. The molecule has 154 valence electrons. The number of carbonyl (C=O) groups is 1. The summed E-state index contributed by atoms with van der Waals surface area (Å²) < 4.78 is 0. The maximum absolute atomic E-state index is 12.4. The van der Waals surface area contributed by atoms with E-state index in [0.717, 1.165) is 38.3 Å². The summed E-state index contributed by atoms with van der Waals surface area (Å²) in [5.41, 5.74) is 3.30. The quantitative estimate of drug-likeness (QED) is 0.665. The van der Waals surface area contributed by atoms with E-state index in [1.54, 1.807) is 6.07 Å². The van der Waals surface area contributed by atoms with Gasteiger partial charge < -0.3 is 15.2 Å². The predicted molar refractivity (Wildman–Crippen MR) is 119 cm³/mol. The number of amides is 1. The van der Waals surface area contributed by atoms with Crippen LogP contribution in [0.1, 0.15) is 21.5 Å². The van der Waals surface area contributed by atoms with E-state index in [1.807, 2.05) is 24.3 Å². The molecule has 6 nitrogen and oxygen atoms in total. The third-order valence-corrected chi connectivity index (χ3v) is 5.51. The molecular formula is C24H26N4O2. The summed E-state index contributed by atoms with van der Waals surface area (Å²) in [4.78, 5) is 31.6. The molecule has 6 heteroatoms. The lowest BCUT2D eigenvalue weighted by molar-refractivity contribution is 0.0949. The molecule has 1 amide bonds. The van der Waals surface area contributed by atoms with Crippen molar-refractivity contribution in [2.45, 2.75) is 13.1 Å². The van der Waals surface area contributed by atoms with E-state index in [4.69, 9.17) is 0 Å². The zero-order valence-electron chi connectivity index (χ0n) is 16.9. The fourth-order valence-electron chi connectivity index (χ4n) is 3.80. The highest BCUT2D eigenvalue weighted by atomic mass is 16.2. The number of carbonyl (C=O) groups excluding carboxylic acids is 1. The van der Waals surface area contributed by atoms with Crippen molar-refractivity contribution in [3.8, 4) is 0 Å². The van der Waals surface area contributed by atoms with Gasteiger partial charge in [0.2, 0.25) is 0 Å². The third-order valence-electron chi connectivity index (χ3n) is 5.51. The fourth-order valence-corrected chi connectivity index (χ4v) is 3.80. The molecule has 2 heterocycles. The molecule has 3 aromatic rings. The number of benzene rings is 2. The van der Waals surface area contributed by atoms with Crippen molar-refractivity contribution in [1.82, 2.24) is 15.2 Å². The number of hydrogen-bond donors (Lipinski definition) is 2. The highest BCUT2D eigenvalue weighted by molar-refractivity contribution is 5.93. The Morgan fingerprint density at radius 1 is 0.867 bits per heavy atom. The Kier molecular flexibility index (Phi) is 6.25. The summed E-state index contributed by atoms with van der Waals surface area (Å²) in [5, 5.41) is 2.88. The lowest BCUT2D eigenvalue weighted by atomic mass is 10.1. The molecule has 1 aliphatic heterocycles. The minimum Gasteiger partial charge on any atom is -0.369 e. The SMILES string of the molecule is O=C(NCc1ccccc1CN1CCN(c2ccccc2)CC1)c1ccc[nH]c1=O. The lowest BCUT2D eigenvalue weighted by Gasteiger charge is -2.36. The first kappa shape index (κ1) is 19.9. The van der Waals surface area contributed by atoms with E-state index < -0.39 is 0 Å². The minimum atomic E-state index is -0.375. The summed E-state index contributed by atoms with van der Waals surface area (Å²) in [6.45, 7) is 5.23. The fraction of sp³-hybridized carbons (Fsp3) is 0.250. The average Bonchev–Trinajstić information content (AvgIpc) is 2.80. The number of rotatable bonds is 6. The number of pyridine rings is 1. The predicted octanol–water partition coefficient (Wildman–Crippen LogP) is 2.63. The number of aromatic amines is 1. The molecule has 1 aliphatic rings. The van der Waals surface area contributed by atoms with Crippen LogP contribution >= 0.6 is 0 Å². The highest BCUT2D eigenvalue weighted by Crippen LogP contribution is 2.18. The molecule has 30 heavy (non-hydrogen) atoms. The molecule has 2 aromatic carbocycles. The molecule has 2 N–H and O–H groups in total. The van der Waals surface area contributed by atoms with Crippen LogP contribution in [0.4, 0.5) is 5.69 Å². The number of piperazine rings is 1. The molecule has 0 atom stereocenters. The molecule has 0 unspecified atom stereocenters. The Balaban J connectivity index is 1.35. The van der Waals surface area contributed by atoms with Gasteiger partial charge in [-0.2, -0.15) is 0 Å². The van der Waals surface area contributed by atoms with Gasteiger partial charge in [0.05, 0.1) is 0 Å². The molecule has 0 bridgehead atoms. The number of nitrogens with one attached hydrogen (secondary N) is 2. The van der Waals surface area contributed by atoms with Crippen LogP contribution in [-0.2, 0) is 13.1 Å². The van der Waals surface area contributed by atoms with E-state index in [-0.39, 0.29) is 17.0 Å². The molecule has 1 fully saturated rings. The highest BCUT2D eigenvalue weighted by Gasteiger charge is 2.18. The minimum absolute atomic E-state index is 0.131. The van der Waals surface area contributed by atoms with Crippen LogP contribution in [0, 0.1) is 0 Å². The number of aromatic nitrogens is 1. The molecule has 1 aromatic heterocycles.